The number of aryl methyl sites for hydroxylation is 1. The monoisotopic (exact) mass is 449 g/mol. The average molecular weight is 450 g/mol. The topological polar surface area (TPSA) is 37.4 Å². The highest BCUT2D eigenvalue weighted by molar-refractivity contribution is 7.89. The molecule has 33 heavy (non-hydrogen) atoms. The molecular weight excluding hydrogens is 426 g/mol. The van der Waals surface area contributed by atoms with E-state index in [1.807, 2.05) is 25.1 Å². The number of sulfonamides is 1. The Balaban J connectivity index is 1.31. The first-order chi connectivity index (χ1) is 16.0. The van der Waals surface area contributed by atoms with Crippen LogP contribution in [0, 0.1) is 6.92 Å². The lowest BCUT2D eigenvalue weighted by Gasteiger charge is -2.16. The summed E-state index contributed by atoms with van der Waals surface area (Å²) in [7, 11) is -3.49. The van der Waals surface area contributed by atoms with E-state index in [1.54, 1.807) is 12.1 Å². The van der Waals surface area contributed by atoms with E-state index in [0.717, 1.165) is 16.7 Å². The third-order valence-corrected chi connectivity index (χ3v) is 8.44. The van der Waals surface area contributed by atoms with Crippen LogP contribution in [0.4, 0.5) is 0 Å². The largest absolute Gasteiger partial charge is 0.243 e. The molecule has 4 heteroatoms. The number of hydrogen-bond donors (Lipinski definition) is 0. The summed E-state index contributed by atoms with van der Waals surface area (Å²) in [5.74, 6) is 0. The van der Waals surface area contributed by atoms with Gasteiger partial charge < -0.3 is 0 Å². The van der Waals surface area contributed by atoms with E-state index in [9.17, 15) is 8.42 Å². The third kappa shape index (κ3) is 3.34. The lowest BCUT2D eigenvalue weighted by atomic mass is 9.92. The third-order valence-electron chi connectivity index (χ3n) is 6.61. The first-order valence-electron chi connectivity index (χ1n) is 11.1. The van der Waals surface area contributed by atoms with Gasteiger partial charge in [-0.1, -0.05) is 90.5 Å². The summed E-state index contributed by atoms with van der Waals surface area (Å²) in [6.45, 7) is 2.74. The van der Waals surface area contributed by atoms with Gasteiger partial charge in [0.15, 0.2) is 0 Å². The highest BCUT2D eigenvalue weighted by Crippen LogP contribution is 2.36. The lowest BCUT2D eigenvalue weighted by Crippen LogP contribution is -2.29. The second-order valence-corrected chi connectivity index (χ2v) is 10.7. The van der Waals surface area contributed by atoms with Gasteiger partial charge in [-0.3, -0.25) is 0 Å². The Labute approximate surface area is 193 Å². The molecule has 0 atom stereocenters. The van der Waals surface area contributed by atoms with E-state index in [1.165, 1.54) is 36.6 Å². The van der Waals surface area contributed by atoms with Crippen LogP contribution in [-0.4, -0.2) is 25.8 Å². The Bertz CT molecular complexity index is 1660. The van der Waals surface area contributed by atoms with E-state index in [-0.39, 0.29) is 0 Å². The lowest BCUT2D eigenvalue weighted by molar-refractivity contribution is 0.485. The molecule has 0 aromatic heterocycles. The molecule has 1 aliphatic heterocycles. The molecule has 0 saturated heterocycles. The number of rotatable bonds is 4. The highest BCUT2D eigenvalue weighted by Gasteiger charge is 2.27. The van der Waals surface area contributed by atoms with E-state index in [0.29, 0.717) is 18.0 Å². The molecular formula is C29H23NO2S. The van der Waals surface area contributed by atoms with Crippen molar-refractivity contribution in [3.63, 3.8) is 0 Å². The summed E-state index contributed by atoms with van der Waals surface area (Å²) in [4.78, 5) is 0.346. The zero-order valence-electron chi connectivity index (χ0n) is 18.3. The van der Waals surface area contributed by atoms with Crippen molar-refractivity contribution in [1.29, 1.82) is 0 Å². The maximum atomic E-state index is 13.0. The van der Waals surface area contributed by atoms with Crippen molar-refractivity contribution in [2.75, 3.05) is 13.1 Å². The Hall–Kier alpha value is -3.47. The van der Waals surface area contributed by atoms with E-state index < -0.39 is 10.0 Å². The van der Waals surface area contributed by atoms with E-state index >= 15 is 0 Å². The van der Waals surface area contributed by atoms with Crippen molar-refractivity contribution >= 4 is 48.4 Å². The SMILES string of the molecule is Cc1ccc(S(=O)(=O)N2CC=C(/C=C/c3ccc4ccc5cccc6ccc3c4c56)C2)cc1. The van der Waals surface area contributed by atoms with Crippen LogP contribution in [0.5, 0.6) is 0 Å². The van der Waals surface area contributed by atoms with Crippen LogP contribution in [0.1, 0.15) is 11.1 Å². The molecule has 0 unspecified atom stereocenters. The van der Waals surface area contributed by atoms with Gasteiger partial charge in [-0.2, -0.15) is 4.31 Å². The maximum Gasteiger partial charge on any atom is 0.243 e. The Morgan fingerprint density at radius 1 is 0.758 bits per heavy atom. The van der Waals surface area contributed by atoms with Gasteiger partial charge in [-0.25, -0.2) is 8.42 Å². The van der Waals surface area contributed by atoms with Gasteiger partial charge in [-0.15, -0.1) is 0 Å². The molecule has 0 saturated carbocycles. The van der Waals surface area contributed by atoms with Gasteiger partial charge >= 0.3 is 0 Å². The zero-order valence-corrected chi connectivity index (χ0v) is 19.1. The second kappa shape index (κ2) is 7.55. The highest BCUT2D eigenvalue weighted by atomic mass is 32.2. The molecule has 0 amide bonds. The predicted molar refractivity (Wildman–Crippen MR) is 137 cm³/mol. The molecule has 1 aliphatic rings. The van der Waals surface area contributed by atoms with E-state index in [4.69, 9.17) is 0 Å². The quantitative estimate of drug-likeness (QED) is 0.292. The minimum absolute atomic E-state index is 0.346. The summed E-state index contributed by atoms with van der Waals surface area (Å²) in [5, 5.41) is 7.55. The first-order valence-corrected chi connectivity index (χ1v) is 12.6. The van der Waals surface area contributed by atoms with Crippen molar-refractivity contribution < 1.29 is 8.42 Å². The van der Waals surface area contributed by atoms with Gasteiger partial charge in [0.05, 0.1) is 4.90 Å². The molecule has 1 heterocycles. The van der Waals surface area contributed by atoms with Crippen LogP contribution in [0.2, 0.25) is 0 Å². The van der Waals surface area contributed by atoms with Crippen LogP contribution in [0.15, 0.2) is 101 Å². The number of benzene rings is 5. The van der Waals surface area contributed by atoms with Crippen LogP contribution in [-0.2, 0) is 10.0 Å². The van der Waals surface area contributed by atoms with E-state index in [2.05, 4.69) is 66.7 Å². The molecule has 0 spiro atoms. The first kappa shape index (κ1) is 20.2. The summed E-state index contributed by atoms with van der Waals surface area (Å²) in [6.07, 6.45) is 6.16. The fourth-order valence-corrected chi connectivity index (χ4v) is 6.18. The van der Waals surface area contributed by atoms with Crippen LogP contribution < -0.4 is 0 Å². The fourth-order valence-electron chi connectivity index (χ4n) is 4.81. The van der Waals surface area contributed by atoms with Gasteiger partial charge in [0.2, 0.25) is 10.0 Å². The fraction of sp³-hybridized carbons (Fsp3) is 0.103. The van der Waals surface area contributed by atoms with Crippen LogP contribution in [0.3, 0.4) is 0 Å². The Morgan fingerprint density at radius 2 is 1.42 bits per heavy atom. The summed E-state index contributed by atoms with van der Waals surface area (Å²) in [6, 6.07) is 26.5. The van der Waals surface area contributed by atoms with Crippen LogP contribution >= 0.6 is 0 Å². The smallest absolute Gasteiger partial charge is 0.207 e. The van der Waals surface area contributed by atoms with Crippen molar-refractivity contribution in [1.82, 2.24) is 4.31 Å². The molecule has 5 aromatic carbocycles. The number of nitrogens with zero attached hydrogens (tertiary/aromatic N) is 1. The molecule has 0 N–H and O–H groups in total. The molecule has 0 bridgehead atoms. The van der Waals surface area contributed by atoms with Gasteiger partial charge in [0.25, 0.3) is 0 Å². The van der Waals surface area contributed by atoms with Crippen molar-refractivity contribution in [3.05, 3.63) is 108 Å². The van der Waals surface area contributed by atoms with Gasteiger partial charge in [-0.05, 0) is 62.5 Å². The average Bonchev–Trinajstić information content (AvgIpc) is 3.32. The van der Waals surface area contributed by atoms with Crippen molar-refractivity contribution in [2.45, 2.75) is 11.8 Å². The summed E-state index contributed by atoms with van der Waals surface area (Å²) >= 11 is 0. The molecule has 0 aliphatic carbocycles. The Morgan fingerprint density at radius 3 is 2.18 bits per heavy atom. The zero-order chi connectivity index (χ0) is 22.6. The minimum atomic E-state index is -3.49. The summed E-state index contributed by atoms with van der Waals surface area (Å²) in [5.41, 5.74) is 3.20. The molecule has 6 rings (SSSR count). The second-order valence-electron chi connectivity index (χ2n) is 8.73. The predicted octanol–water partition coefficient (Wildman–Crippen LogP) is 6.54. The molecule has 162 valence electrons. The molecule has 5 aromatic rings. The van der Waals surface area contributed by atoms with Crippen molar-refractivity contribution in [2.24, 2.45) is 0 Å². The summed E-state index contributed by atoms with van der Waals surface area (Å²) < 4.78 is 27.5. The molecule has 3 nitrogen and oxygen atoms in total. The molecule has 0 fully saturated rings. The Kier molecular flexibility index (Phi) is 4.61. The van der Waals surface area contributed by atoms with Crippen LogP contribution in [0.25, 0.3) is 38.4 Å². The van der Waals surface area contributed by atoms with Gasteiger partial charge in [0, 0.05) is 13.1 Å². The molecule has 0 radical (unpaired) electrons. The minimum Gasteiger partial charge on any atom is -0.207 e. The van der Waals surface area contributed by atoms with Crippen molar-refractivity contribution in [3.8, 4) is 0 Å². The maximum absolute atomic E-state index is 13.0. The van der Waals surface area contributed by atoms with Gasteiger partial charge in [0.1, 0.15) is 0 Å². The normalized spacial score (nSPS) is 15.4. The number of hydrogen-bond acceptors (Lipinski definition) is 2. The standard InChI is InChI=1S/C29H23NO2S/c1-20-5-14-26(15-6-20)33(31,32)30-18-17-21(19-30)7-8-22-9-10-25-12-11-23-3-2-4-24-13-16-27(22)29(25)28(23)24/h2-17H,18-19H2,1H3/b8-7+.